The number of rotatable bonds is 4. The van der Waals surface area contributed by atoms with Gasteiger partial charge < -0.3 is 15.5 Å². The average Bonchev–Trinajstić information content (AvgIpc) is 3.54. The van der Waals surface area contributed by atoms with Crippen molar-refractivity contribution in [1.82, 2.24) is 9.80 Å². The number of nitrogens with two attached hydrogens (primary N) is 1. The first-order valence-corrected chi connectivity index (χ1v) is 15.1. The largest absolute Gasteiger partial charge is 0.341 e. The number of allylic oxidation sites excluding steroid dienone is 1. The lowest BCUT2D eigenvalue weighted by atomic mass is 9.47. The van der Waals surface area contributed by atoms with E-state index in [9.17, 15) is 4.79 Å². The Kier molecular flexibility index (Phi) is 6.01. The zero-order chi connectivity index (χ0) is 24.5. The van der Waals surface area contributed by atoms with Gasteiger partial charge >= 0.3 is 0 Å². The highest BCUT2D eigenvalue weighted by atomic mass is 32.1. The van der Waals surface area contributed by atoms with Crippen molar-refractivity contribution in [2.45, 2.75) is 89.8 Å². The van der Waals surface area contributed by atoms with Crippen molar-refractivity contribution in [2.24, 2.45) is 40.2 Å². The first-order chi connectivity index (χ1) is 16.7. The van der Waals surface area contributed by atoms with Crippen molar-refractivity contribution >= 4 is 17.2 Å². The molecule has 3 saturated carbocycles. The van der Waals surface area contributed by atoms with E-state index in [1.807, 2.05) is 18.0 Å². The zero-order valence-corrected chi connectivity index (χ0v) is 23.0. The lowest BCUT2D eigenvalue weighted by molar-refractivity contribution is -0.134. The van der Waals surface area contributed by atoms with Crippen LogP contribution >= 0.6 is 11.3 Å². The number of carbonyl (C=O) groups is 1. The van der Waals surface area contributed by atoms with E-state index in [1.165, 1.54) is 49.9 Å². The first kappa shape index (κ1) is 24.2. The van der Waals surface area contributed by atoms with Gasteiger partial charge in [0.2, 0.25) is 5.91 Å². The van der Waals surface area contributed by atoms with Crippen LogP contribution in [0.4, 0.5) is 0 Å². The Bertz CT molecular complexity index is 990. The molecule has 1 saturated heterocycles. The SMILES string of the molecule is C[C@H]1[C@H]2CC[C@H]3[C@@H]4CC=C5C[C@@H](N(C)C(=O)[C@H](N)Cc6cccs6)CC[C@]5(C)C4CC[C@]23CN1C. The molecule has 35 heavy (non-hydrogen) atoms. The van der Waals surface area contributed by atoms with Gasteiger partial charge in [-0.1, -0.05) is 24.6 Å². The molecular formula is C30H45N3OS. The molecule has 2 N–H and O–H groups in total. The highest BCUT2D eigenvalue weighted by Gasteiger charge is 2.64. The molecule has 0 bridgehead atoms. The van der Waals surface area contributed by atoms with E-state index < -0.39 is 6.04 Å². The van der Waals surface area contributed by atoms with Gasteiger partial charge in [0.05, 0.1) is 6.04 Å². The van der Waals surface area contributed by atoms with E-state index in [1.54, 1.807) is 16.9 Å². The van der Waals surface area contributed by atoms with Gasteiger partial charge in [-0.3, -0.25) is 4.79 Å². The van der Waals surface area contributed by atoms with E-state index in [-0.39, 0.29) is 5.91 Å². The minimum atomic E-state index is -0.437. The molecule has 1 aromatic rings. The standard InChI is InChI=1S/C30H45N3OS/c1-19-24-9-10-26-23-8-7-20-16-21(33(4)28(34)27(31)17-22-6-5-15-35-22)11-13-29(20,2)25(23)12-14-30(24,26)18-32(19)3/h5-7,15,19,21,23-27H,8-14,16-18,31H2,1-4H3/t19-,21-,23+,24+,25?,26-,27+,29-,30-/m0/s1. The summed E-state index contributed by atoms with van der Waals surface area (Å²) in [7, 11) is 4.36. The van der Waals surface area contributed by atoms with Gasteiger partial charge in [0.25, 0.3) is 0 Å². The Balaban J connectivity index is 1.17. The van der Waals surface area contributed by atoms with E-state index in [0.717, 1.165) is 42.6 Å². The minimum Gasteiger partial charge on any atom is -0.341 e. The molecule has 4 fully saturated rings. The number of nitrogens with zero attached hydrogens (tertiary/aromatic N) is 2. The maximum Gasteiger partial charge on any atom is 0.239 e. The van der Waals surface area contributed by atoms with Crippen molar-refractivity contribution < 1.29 is 4.79 Å². The number of hydrogen-bond donors (Lipinski definition) is 1. The van der Waals surface area contributed by atoms with E-state index in [0.29, 0.717) is 23.3 Å². The molecule has 5 heteroatoms. The maximum absolute atomic E-state index is 13.2. The minimum absolute atomic E-state index is 0.109. The number of carbonyl (C=O) groups excluding carboxylic acids is 1. The summed E-state index contributed by atoms with van der Waals surface area (Å²) in [6.45, 7) is 6.41. The van der Waals surface area contributed by atoms with Crippen molar-refractivity contribution in [3.05, 3.63) is 34.0 Å². The summed E-state index contributed by atoms with van der Waals surface area (Å²) in [4.78, 5) is 19.1. The predicted octanol–water partition coefficient (Wildman–Crippen LogP) is 5.34. The summed E-state index contributed by atoms with van der Waals surface area (Å²) in [5, 5.41) is 2.06. The van der Waals surface area contributed by atoms with Crippen LogP contribution in [0.5, 0.6) is 0 Å². The molecule has 192 valence electrons. The molecule has 1 spiro atoms. The summed E-state index contributed by atoms with van der Waals surface area (Å²) < 4.78 is 0. The highest BCUT2D eigenvalue weighted by molar-refractivity contribution is 7.09. The van der Waals surface area contributed by atoms with Gasteiger partial charge in [0.1, 0.15) is 0 Å². The van der Waals surface area contributed by atoms with Crippen LogP contribution in [0.25, 0.3) is 0 Å². The van der Waals surface area contributed by atoms with Crippen LogP contribution in [0.2, 0.25) is 0 Å². The summed E-state index contributed by atoms with van der Waals surface area (Å²) in [6, 6.07) is 4.74. The Morgan fingerprint density at radius 3 is 2.80 bits per heavy atom. The van der Waals surface area contributed by atoms with Crippen molar-refractivity contribution in [1.29, 1.82) is 0 Å². The lowest BCUT2D eigenvalue weighted by Crippen LogP contribution is -2.54. The van der Waals surface area contributed by atoms with Gasteiger partial charge in [0, 0.05) is 37.0 Å². The number of likely N-dealkylation sites (tertiary alicyclic amines) is 1. The van der Waals surface area contributed by atoms with Crippen LogP contribution in [-0.2, 0) is 11.2 Å². The van der Waals surface area contributed by atoms with Crippen LogP contribution in [0.15, 0.2) is 29.2 Å². The molecule has 4 nitrogen and oxygen atoms in total. The second-order valence-corrected chi connectivity index (χ2v) is 14.1. The van der Waals surface area contributed by atoms with Crippen molar-refractivity contribution in [2.75, 3.05) is 20.6 Å². The van der Waals surface area contributed by atoms with Crippen molar-refractivity contribution in [3.8, 4) is 0 Å². The third-order valence-corrected chi connectivity index (χ3v) is 12.8. The number of amides is 1. The molecule has 4 aliphatic carbocycles. The third kappa shape index (κ3) is 3.62. The van der Waals surface area contributed by atoms with Crippen LogP contribution in [-0.4, -0.2) is 54.5 Å². The summed E-state index contributed by atoms with van der Waals surface area (Å²) in [6.07, 6.45) is 13.7. The molecule has 9 atom stereocenters. The van der Waals surface area contributed by atoms with Gasteiger partial charge in [-0.05, 0) is 111 Å². The van der Waals surface area contributed by atoms with Gasteiger partial charge in [-0.15, -0.1) is 11.3 Å². The molecule has 2 heterocycles. The topological polar surface area (TPSA) is 49.6 Å². The van der Waals surface area contributed by atoms with E-state index in [2.05, 4.69) is 43.3 Å². The lowest BCUT2D eigenvalue weighted by Gasteiger charge is -2.58. The summed E-state index contributed by atoms with van der Waals surface area (Å²) in [5.41, 5.74) is 8.95. The number of hydrogen-bond acceptors (Lipinski definition) is 4. The highest BCUT2D eigenvalue weighted by Crippen LogP contribution is 2.68. The number of thiophene rings is 1. The van der Waals surface area contributed by atoms with Crippen LogP contribution in [0, 0.1) is 34.5 Å². The van der Waals surface area contributed by atoms with Gasteiger partial charge in [-0.2, -0.15) is 0 Å². The van der Waals surface area contributed by atoms with E-state index >= 15 is 0 Å². The monoisotopic (exact) mass is 495 g/mol. The fourth-order valence-corrected chi connectivity index (χ4v) is 10.7. The van der Waals surface area contributed by atoms with E-state index in [4.69, 9.17) is 5.73 Å². The van der Waals surface area contributed by atoms with Gasteiger partial charge in [-0.25, -0.2) is 0 Å². The zero-order valence-electron chi connectivity index (χ0n) is 22.2. The molecular weight excluding hydrogens is 450 g/mol. The normalized spacial score (nSPS) is 43.5. The van der Waals surface area contributed by atoms with Crippen molar-refractivity contribution in [3.63, 3.8) is 0 Å². The fraction of sp³-hybridized carbons (Fsp3) is 0.767. The summed E-state index contributed by atoms with van der Waals surface area (Å²) >= 11 is 1.69. The molecule has 1 aliphatic heterocycles. The number of likely N-dealkylation sites (N-methyl/N-ethyl adjacent to an activating group) is 1. The molecule has 1 amide bonds. The molecule has 5 aliphatic rings. The predicted molar refractivity (Wildman–Crippen MR) is 144 cm³/mol. The quantitative estimate of drug-likeness (QED) is 0.574. The van der Waals surface area contributed by atoms with Crippen LogP contribution in [0.3, 0.4) is 0 Å². The molecule has 1 aromatic heterocycles. The Labute approximate surface area is 216 Å². The molecule has 1 unspecified atom stereocenters. The molecule has 6 rings (SSSR count). The van der Waals surface area contributed by atoms with Gasteiger partial charge in [0.15, 0.2) is 0 Å². The third-order valence-electron chi connectivity index (χ3n) is 11.9. The molecule has 0 radical (unpaired) electrons. The summed E-state index contributed by atoms with van der Waals surface area (Å²) in [5.74, 6) is 3.66. The Morgan fingerprint density at radius 1 is 1.23 bits per heavy atom. The fourth-order valence-electron chi connectivity index (χ4n) is 9.95. The van der Waals surface area contributed by atoms with Crippen LogP contribution in [0.1, 0.15) is 70.1 Å². The first-order valence-electron chi connectivity index (χ1n) is 14.2. The Hall–Kier alpha value is -1.17. The second kappa shape index (κ2) is 8.70. The second-order valence-electron chi connectivity index (χ2n) is 13.1. The smallest absolute Gasteiger partial charge is 0.239 e. The molecule has 0 aromatic carbocycles. The Morgan fingerprint density at radius 2 is 2.03 bits per heavy atom. The number of fused-ring (bicyclic) bond motifs is 4. The average molecular weight is 496 g/mol. The van der Waals surface area contributed by atoms with Crippen LogP contribution < -0.4 is 5.73 Å². The maximum atomic E-state index is 13.2.